The number of nitrogens with zero attached hydrogens (tertiary/aromatic N) is 3. The zero-order chi connectivity index (χ0) is 33.3. The number of nitrogens with one attached hydrogen (secondary N) is 5. The summed E-state index contributed by atoms with van der Waals surface area (Å²) in [5.41, 5.74) is 1.34. The van der Waals surface area contributed by atoms with Gasteiger partial charge in [-0.3, -0.25) is 9.59 Å². The van der Waals surface area contributed by atoms with Crippen LogP contribution in [0, 0.1) is 28.4 Å². The summed E-state index contributed by atoms with van der Waals surface area (Å²) in [6, 6.07) is 16.8. The Kier molecular flexibility index (Phi) is 9.04. The summed E-state index contributed by atoms with van der Waals surface area (Å²) in [4.78, 5) is 44.2. The molecule has 4 aromatic rings. The quantitative estimate of drug-likeness (QED) is 0.136. The molecule has 3 amide bonds. The van der Waals surface area contributed by atoms with Gasteiger partial charge in [0.2, 0.25) is 16.6 Å². The van der Waals surface area contributed by atoms with Gasteiger partial charge in [0.15, 0.2) is 0 Å². The summed E-state index contributed by atoms with van der Waals surface area (Å²) in [5.74, 6) is 1.71. The van der Waals surface area contributed by atoms with Crippen molar-refractivity contribution in [3.8, 4) is 0 Å². The monoisotopic (exact) mass is 670 g/mol. The van der Waals surface area contributed by atoms with Gasteiger partial charge >= 0.3 is 6.09 Å². The first kappa shape index (κ1) is 32.0. The highest BCUT2D eigenvalue weighted by Crippen LogP contribution is 2.54. The first-order chi connectivity index (χ1) is 23.2. The number of tetrazole rings is 1. The number of aryl methyl sites for hydroxylation is 1. The Morgan fingerprint density at radius 1 is 1.02 bits per heavy atom. The smallest absolute Gasteiger partial charge is 0.408 e. The van der Waals surface area contributed by atoms with E-state index in [2.05, 4.69) is 36.5 Å². The molecule has 2 aromatic heterocycles. The zero-order valence-electron chi connectivity index (χ0n) is 27.0. The fraction of sp³-hybridized carbons (Fsp3) is 0.486. The van der Waals surface area contributed by atoms with E-state index < -0.39 is 17.7 Å². The maximum Gasteiger partial charge on any atom is 0.408 e. The predicted molar refractivity (Wildman–Crippen MR) is 181 cm³/mol. The van der Waals surface area contributed by atoms with Crippen LogP contribution in [-0.2, 0) is 27.3 Å². The van der Waals surface area contributed by atoms with Crippen molar-refractivity contribution < 1.29 is 19.1 Å². The van der Waals surface area contributed by atoms with Crippen molar-refractivity contribution in [1.82, 2.24) is 41.1 Å². The van der Waals surface area contributed by atoms with E-state index in [4.69, 9.17) is 17.0 Å². The Morgan fingerprint density at radius 2 is 1.73 bits per heavy atom. The maximum absolute atomic E-state index is 14.2. The number of rotatable bonds is 12. The molecule has 5 N–H and O–H groups in total. The van der Waals surface area contributed by atoms with Crippen LogP contribution >= 0.6 is 12.2 Å². The SMILES string of the molecule is C[C@@](Cc1c[nH]c2ccccc12)(NC(=O)OC1C2CC3CC(C2)CC1C3)C(=O)NC[C@@H](NC(=O)CCn1[nH]nnc1=S)c1ccccc1. The molecular weight excluding hydrogens is 629 g/mol. The van der Waals surface area contributed by atoms with Gasteiger partial charge in [-0.05, 0) is 92.1 Å². The average Bonchev–Trinajstić information content (AvgIpc) is 3.68. The van der Waals surface area contributed by atoms with E-state index >= 15 is 0 Å². The van der Waals surface area contributed by atoms with Gasteiger partial charge in [-0.25, -0.2) is 9.48 Å². The van der Waals surface area contributed by atoms with Gasteiger partial charge in [0.05, 0.1) is 12.6 Å². The third-order valence-electron chi connectivity index (χ3n) is 10.6. The number of para-hydroxylation sites is 1. The van der Waals surface area contributed by atoms with Gasteiger partial charge in [-0.2, -0.15) is 5.21 Å². The lowest BCUT2D eigenvalue weighted by atomic mass is 9.55. The Morgan fingerprint density at radius 3 is 2.44 bits per heavy atom. The fourth-order valence-electron chi connectivity index (χ4n) is 8.45. The lowest BCUT2D eigenvalue weighted by Crippen LogP contribution is -2.60. The molecule has 0 saturated heterocycles. The van der Waals surface area contributed by atoms with Gasteiger partial charge < -0.3 is 25.7 Å². The zero-order valence-corrected chi connectivity index (χ0v) is 27.8. The summed E-state index contributed by atoms with van der Waals surface area (Å²) in [5, 5.41) is 20.1. The van der Waals surface area contributed by atoms with E-state index in [-0.39, 0.29) is 48.6 Å². The molecule has 4 saturated carbocycles. The molecule has 2 atom stereocenters. The number of aromatic amines is 2. The van der Waals surface area contributed by atoms with Gasteiger partial charge in [-0.15, -0.1) is 0 Å². The van der Waals surface area contributed by atoms with Crippen molar-refractivity contribution in [2.45, 2.75) is 76.1 Å². The standard InChI is InChI=1S/C35H42N8O4S/c1-35(18-26-19-36-28-10-6-5-9-27(26)28,39-34(46)47-31-24-14-21-13-22(16-24)17-25(31)15-21)32(45)37-20-29(23-7-3-2-4-8-23)38-30(44)11-12-43-33(48)40-41-42-43/h2-10,19,21-22,24-25,29,31,36H,11-18,20H2,1H3,(H,37,45)(H,38,44)(H,39,46)(H,40,42,48)/t21?,22?,24?,25?,29-,31?,35+/m1/s1. The normalized spacial score (nSPS) is 24.5. The van der Waals surface area contributed by atoms with Crippen LogP contribution in [0.15, 0.2) is 60.8 Å². The van der Waals surface area contributed by atoms with Crippen molar-refractivity contribution in [1.29, 1.82) is 0 Å². The molecule has 4 aliphatic rings. The number of H-pyrrole nitrogens is 2. The third kappa shape index (κ3) is 6.87. The maximum atomic E-state index is 14.2. The van der Waals surface area contributed by atoms with Crippen LogP contribution in [0.3, 0.4) is 0 Å². The van der Waals surface area contributed by atoms with Crippen molar-refractivity contribution >= 4 is 41.0 Å². The van der Waals surface area contributed by atoms with Crippen LogP contribution in [-0.4, -0.2) is 61.3 Å². The second-order valence-electron chi connectivity index (χ2n) is 14.0. The first-order valence-corrected chi connectivity index (χ1v) is 17.3. The Labute approximate surface area is 283 Å². The van der Waals surface area contributed by atoms with E-state index in [1.807, 2.05) is 60.8 Å². The number of fused-ring (bicyclic) bond motifs is 1. The molecule has 12 nitrogen and oxygen atoms in total. The second kappa shape index (κ2) is 13.5. The molecule has 0 aliphatic heterocycles. The fourth-order valence-corrected chi connectivity index (χ4v) is 8.63. The van der Waals surface area contributed by atoms with Gasteiger partial charge in [0.1, 0.15) is 11.6 Å². The molecule has 0 spiro atoms. The van der Waals surface area contributed by atoms with E-state index in [0.29, 0.717) is 11.8 Å². The molecule has 4 fully saturated rings. The molecule has 4 bridgehead atoms. The molecule has 8 rings (SSSR count). The third-order valence-corrected chi connectivity index (χ3v) is 10.9. The van der Waals surface area contributed by atoms with Crippen LogP contribution < -0.4 is 16.0 Å². The van der Waals surface area contributed by atoms with Crippen LogP contribution in [0.5, 0.6) is 0 Å². The summed E-state index contributed by atoms with van der Waals surface area (Å²) in [7, 11) is 0. The molecule has 0 unspecified atom stereocenters. The van der Waals surface area contributed by atoms with E-state index in [9.17, 15) is 14.4 Å². The number of alkyl carbamates (subject to hydrolysis) is 1. The summed E-state index contributed by atoms with van der Waals surface area (Å²) in [6.45, 7) is 2.13. The molecule has 2 heterocycles. The van der Waals surface area contributed by atoms with Crippen molar-refractivity contribution in [2.24, 2.45) is 23.7 Å². The van der Waals surface area contributed by atoms with Gasteiger partial charge in [0.25, 0.3) is 0 Å². The summed E-state index contributed by atoms with van der Waals surface area (Å²) < 4.78 is 7.95. The number of hydrogen-bond donors (Lipinski definition) is 5. The molecule has 0 radical (unpaired) electrons. The molecular formula is C35H42N8O4S. The van der Waals surface area contributed by atoms with E-state index in [1.165, 1.54) is 11.1 Å². The number of carbonyl (C=O) groups excluding carboxylic acids is 3. The predicted octanol–water partition coefficient (Wildman–Crippen LogP) is 4.73. The Bertz CT molecular complexity index is 1810. The summed E-state index contributed by atoms with van der Waals surface area (Å²) >= 11 is 5.11. The van der Waals surface area contributed by atoms with Crippen LogP contribution in [0.1, 0.15) is 62.6 Å². The van der Waals surface area contributed by atoms with Gasteiger partial charge in [-0.1, -0.05) is 58.8 Å². The number of aromatic nitrogens is 5. The average molecular weight is 671 g/mol. The Balaban J connectivity index is 1.07. The molecule has 2 aromatic carbocycles. The first-order valence-electron chi connectivity index (χ1n) is 16.9. The van der Waals surface area contributed by atoms with Crippen LogP contribution in [0.2, 0.25) is 0 Å². The minimum atomic E-state index is -1.34. The topological polar surface area (TPSA) is 159 Å². The molecule has 48 heavy (non-hydrogen) atoms. The minimum Gasteiger partial charge on any atom is -0.446 e. The largest absolute Gasteiger partial charge is 0.446 e. The molecule has 4 aliphatic carbocycles. The molecule has 252 valence electrons. The number of benzene rings is 2. The van der Waals surface area contributed by atoms with Crippen LogP contribution in [0.4, 0.5) is 4.79 Å². The van der Waals surface area contributed by atoms with Crippen molar-refractivity contribution in [2.75, 3.05) is 6.54 Å². The van der Waals surface area contributed by atoms with Crippen molar-refractivity contribution in [3.05, 3.63) is 76.7 Å². The minimum absolute atomic E-state index is 0.107. The highest BCUT2D eigenvalue weighted by Gasteiger charge is 2.50. The number of hydrogen-bond acceptors (Lipinski definition) is 7. The molecule has 13 heteroatoms. The Hall–Kier alpha value is -4.52. The van der Waals surface area contributed by atoms with E-state index in [1.54, 1.807) is 6.92 Å². The van der Waals surface area contributed by atoms with Crippen molar-refractivity contribution in [3.63, 3.8) is 0 Å². The van der Waals surface area contributed by atoms with Gasteiger partial charge in [0, 0.05) is 36.5 Å². The highest BCUT2D eigenvalue weighted by molar-refractivity contribution is 7.71. The lowest BCUT2D eigenvalue weighted by Gasteiger charge is -2.53. The van der Waals surface area contributed by atoms with E-state index in [0.717, 1.165) is 59.5 Å². The number of amides is 3. The number of carbonyl (C=O) groups is 3. The van der Waals surface area contributed by atoms with Crippen LogP contribution in [0.25, 0.3) is 10.9 Å². The lowest BCUT2D eigenvalue weighted by molar-refractivity contribution is -0.128. The number of ether oxygens (including phenoxy) is 1. The second-order valence-corrected chi connectivity index (χ2v) is 14.4. The highest BCUT2D eigenvalue weighted by atomic mass is 32.1. The summed E-state index contributed by atoms with van der Waals surface area (Å²) in [6.07, 6.45) is 7.38.